The first-order chi connectivity index (χ1) is 10.1. The standard InChI is InChI=1S/C13H19N3O4S/c14-8-10-3-5-16(6-4-10)21(17,18)15-11-1-2-12-13(7-11)20-9-19-12/h1-2,7,10,15H,3-6,8-9,14H2. The first kappa shape index (κ1) is 14.4. The van der Waals surface area contributed by atoms with Crippen molar-refractivity contribution in [3.63, 3.8) is 0 Å². The smallest absolute Gasteiger partial charge is 0.301 e. The quantitative estimate of drug-likeness (QED) is 0.855. The van der Waals surface area contributed by atoms with E-state index in [1.807, 2.05) is 0 Å². The van der Waals surface area contributed by atoms with Crippen LogP contribution >= 0.6 is 0 Å². The van der Waals surface area contributed by atoms with Crippen molar-refractivity contribution in [2.75, 3.05) is 31.1 Å². The van der Waals surface area contributed by atoms with E-state index in [2.05, 4.69) is 4.72 Å². The maximum Gasteiger partial charge on any atom is 0.301 e. The summed E-state index contributed by atoms with van der Waals surface area (Å²) in [5.41, 5.74) is 6.10. The second kappa shape index (κ2) is 5.70. The van der Waals surface area contributed by atoms with E-state index in [4.69, 9.17) is 15.2 Å². The molecule has 1 aromatic carbocycles. The minimum atomic E-state index is -3.54. The highest BCUT2D eigenvalue weighted by Gasteiger charge is 2.27. The fraction of sp³-hybridized carbons (Fsp3) is 0.538. The van der Waals surface area contributed by atoms with Gasteiger partial charge >= 0.3 is 10.2 Å². The largest absolute Gasteiger partial charge is 0.454 e. The molecule has 0 aromatic heterocycles. The Kier molecular flexibility index (Phi) is 3.92. The fourth-order valence-corrected chi connectivity index (χ4v) is 3.80. The zero-order valence-corrected chi connectivity index (χ0v) is 12.4. The van der Waals surface area contributed by atoms with Crippen molar-refractivity contribution >= 4 is 15.9 Å². The van der Waals surface area contributed by atoms with Crippen LogP contribution in [0.5, 0.6) is 11.5 Å². The Labute approximate surface area is 124 Å². The predicted molar refractivity (Wildman–Crippen MR) is 78.5 cm³/mol. The summed E-state index contributed by atoms with van der Waals surface area (Å²) in [5, 5.41) is 0. The number of fused-ring (bicyclic) bond motifs is 1. The van der Waals surface area contributed by atoms with Gasteiger partial charge in [0.1, 0.15) is 0 Å². The lowest BCUT2D eigenvalue weighted by molar-refractivity contribution is 0.174. The zero-order valence-electron chi connectivity index (χ0n) is 11.6. The number of rotatable bonds is 4. The van der Waals surface area contributed by atoms with Crippen LogP contribution in [0, 0.1) is 5.92 Å². The van der Waals surface area contributed by atoms with Crippen molar-refractivity contribution in [3.8, 4) is 11.5 Å². The van der Waals surface area contributed by atoms with Crippen LogP contribution in [-0.2, 0) is 10.2 Å². The van der Waals surface area contributed by atoms with Crippen LogP contribution in [0.3, 0.4) is 0 Å². The van der Waals surface area contributed by atoms with Crippen LogP contribution in [0.25, 0.3) is 0 Å². The lowest BCUT2D eigenvalue weighted by Crippen LogP contribution is -2.42. The summed E-state index contributed by atoms with van der Waals surface area (Å²) >= 11 is 0. The third kappa shape index (κ3) is 3.07. The molecule has 0 bridgehead atoms. The molecular formula is C13H19N3O4S. The molecule has 0 radical (unpaired) electrons. The molecule has 0 spiro atoms. The Balaban J connectivity index is 1.69. The molecule has 3 N–H and O–H groups in total. The van der Waals surface area contributed by atoms with Crippen molar-refractivity contribution < 1.29 is 17.9 Å². The summed E-state index contributed by atoms with van der Waals surface area (Å²) in [6.45, 7) is 1.78. The molecule has 0 unspecified atom stereocenters. The molecule has 21 heavy (non-hydrogen) atoms. The van der Waals surface area contributed by atoms with E-state index in [-0.39, 0.29) is 6.79 Å². The van der Waals surface area contributed by atoms with Crippen LogP contribution in [0.1, 0.15) is 12.8 Å². The van der Waals surface area contributed by atoms with E-state index in [1.165, 1.54) is 4.31 Å². The molecule has 2 aliphatic heterocycles. The maximum atomic E-state index is 12.4. The van der Waals surface area contributed by atoms with Gasteiger partial charge in [0.2, 0.25) is 6.79 Å². The lowest BCUT2D eigenvalue weighted by atomic mass is 9.99. The van der Waals surface area contributed by atoms with Crippen LogP contribution in [0.4, 0.5) is 5.69 Å². The molecule has 8 heteroatoms. The van der Waals surface area contributed by atoms with Gasteiger partial charge in [-0.25, -0.2) is 0 Å². The first-order valence-corrected chi connectivity index (χ1v) is 8.40. The molecule has 0 saturated carbocycles. The summed E-state index contributed by atoms with van der Waals surface area (Å²) < 4.78 is 39.2. The van der Waals surface area contributed by atoms with E-state index in [0.717, 1.165) is 12.8 Å². The summed E-state index contributed by atoms with van der Waals surface area (Å²) in [4.78, 5) is 0. The molecule has 2 aliphatic rings. The molecule has 1 fully saturated rings. The monoisotopic (exact) mass is 313 g/mol. The second-order valence-corrected chi connectivity index (χ2v) is 6.92. The van der Waals surface area contributed by atoms with E-state index in [1.54, 1.807) is 18.2 Å². The predicted octanol–water partition coefficient (Wildman–Crippen LogP) is 0.743. The Bertz CT molecular complexity index is 612. The maximum absolute atomic E-state index is 12.4. The molecule has 7 nitrogen and oxygen atoms in total. The summed E-state index contributed by atoms with van der Waals surface area (Å²) in [6.07, 6.45) is 1.61. The Morgan fingerprint density at radius 2 is 1.95 bits per heavy atom. The first-order valence-electron chi connectivity index (χ1n) is 6.96. The van der Waals surface area contributed by atoms with E-state index >= 15 is 0 Å². The summed E-state index contributed by atoms with van der Waals surface area (Å²) in [5.74, 6) is 1.60. The van der Waals surface area contributed by atoms with Gasteiger partial charge in [0.15, 0.2) is 11.5 Å². The summed E-state index contributed by atoms with van der Waals surface area (Å²) in [7, 11) is -3.54. The van der Waals surface area contributed by atoms with Crippen molar-refractivity contribution in [1.29, 1.82) is 0 Å². The molecule has 1 saturated heterocycles. The van der Waals surface area contributed by atoms with E-state index < -0.39 is 10.2 Å². The van der Waals surface area contributed by atoms with Crippen molar-refractivity contribution in [2.45, 2.75) is 12.8 Å². The highest BCUT2D eigenvalue weighted by molar-refractivity contribution is 7.90. The third-order valence-corrected chi connectivity index (χ3v) is 5.40. The van der Waals surface area contributed by atoms with Gasteiger partial charge in [-0.1, -0.05) is 0 Å². The van der Waals surface area contributed by atoms with Gasteiger partial charge in [0.05, 0.1) is 5.69 Å². The van der Waals surface area contributed by atoms with E-state index in [9.17, 15) is 8.42 Å². The molecular weight excluding hydrogens is 294 g/mol. The number of anilines is 1. The van der Waals surface area contributed by atoms with Crippen molar-refractivity contribution in [3.05, 3.63) is 18.2 Å². The lowest BCUT2D eigenvalue weighted by Gasteiger charge is -2.30. The van der Waals surface area contributed by atoms with Gasteiger partial charge in [0, 0.05) is 19.2 Å². The van der Waals surface area contributed by atoms with E-state index in [0.29, 0.717) is 42.7 Å². The van der Waals surface area contributed by atoms with Crippen molar-refractivity contribution in [2.24, 2.45) is 11.7 Å². The molecule has 2 heterocycles. The average Bonchev–Trinajstić information content (AvgIpc) is 2.94. The topological polar surface area (TPSA) is 93.9 Å². The SMILES string of the molecule is NCC1CCN(S(=O)(=O)Nc2ccc3c(c2)OCO3)CC1. The number of hydrogen-bond acceptors (Lipinski definition) is 5. The number of nitrogens with zero attached hydrogens (tertiary/aromatic N) is 1. The van der Waals surface area contributed by atoms with Crippen LogP contribution in [-0.4, -0.2) is 39.2 Å². The highest BCUT2D eigenvalue weighted by Crippen LogP contribution is 2.34. The fourth-order valence-electron chi connectivity index (χ4n) is 2.56. The number of piperidine rings is 1. The Morgan fingerprint density at radius 1 is 1.24 bits per heavy atom. The number of benzene rings is 1. The third-order valence-electron chi connectivity index (χ3n) is 3.87. The van der Waals surface area contributed by atoms with Gasteiger partial charge in [-0.2, -0.15) is 12.7 Å². The molecule has 116 valence electrons. The number of nitrogens with two attached hydrogens (primary N) is 1. The molecule has 0 aliphatic carbocycles. The van der Waals surface area contributed by atoms with Gasteiger partial charge < -0.3 is 15.2 Å². The molecule has 0 amide bonds. The van der Waals surface area contributed by atoms with Crippen LogP contribution in [0.15, 0.2) is 18.2 Å². The Morgan fingerprint density at radius 3 is 2.67 bits per heavy atom. The average molecular weight is 313 g/mol. The Hall–Kier alpha value is -1.51. The summed E-state index contributed by atoms with van der Waals surface area (Å²) in [6, 6.07) is 4.99. The van der Waals surface area contributed by atoms with Crippen LogP contribution < -0.4 is 19.9 Å². The normalized spacial score (nSPS) is 19.7. The number of hydrogen-bond donors (Lipinski definition) is 2. The molecule has 3 rings (SSSR count). The van der Waals surface area contributed by atoms with Gasteiger partial charge in [-0.3, -0.25) is 4.72 Å². The van der Waals surface area contributed by atoms with Crippen LogP contribution in [0.2, 0.25) is 0 Å². The molecule has 0 atom stereocenters. The number of nitrogens with one attached hydrogen (secondary N) is 1. The highest BCUT2D eigenvalue weighted by atomic mass is 32.2. The van der Waals surface area contributed by atoms with Gasteiger partial charge in [-0.15, -0.1) is 0 Å². The number of ether oxygens (including phenoxy) is 2. The van der Waals surface area contributed by atoms with Gasteiger partial charge in [-0.05, 0) is 37.4 Å². The van der Waals surface area contributed by atoms with Gasteiger partial charge in [0.25, 0.3) is 0 Å². The minimum Gasteiger partial charge on any atom is -0.454 e. The zero-order chi connectivity index (χ0) is 14.9. The van der Waals surface area contributed by atoms with Crippen molar-refractivity contribution in [1.82, 2.24) is 4.31 Å². The second-order valence-electron chi connectivity index (χ2n) is 5.25. The minimum absolute atomic E-state index is 0.165. The molecule has 1 aromatic rings.